The second kappa shape index (κ2) is 8.54. The van der Waals surface area contributed by atoms with Gasteiger partial charge in [-0.25, -0.2) is 17.5 Å². The maximum Gasteiger partial charge on any atom is 0.294 e. The Morgan fingerprint density at radius 3 is 2.65 bits per heavy atom. The van der Waals surface area contributed by atoms with E-state index in [1.165, 1.54) is 54.8 Å². The summed E-state index contributed by atoms with van der Waals surface area (Å²) >= 11 is 0. The number of nitrogens with one attached hydrogen (secondary N) is 2. The molecule has 0 saturated carbocycles. The standard InChI is InChI=1S/C21H16FN3O5S/c22-15-5-1-4-14(10-15)19-12-20(30-25-19)21(26)24-16-6-2-8-18(11-16)31(27,28)23-13-17-7-3-9-29-17/h1-12,23H,13H2,(H,24,26). The molecule has 4 rings (SSSR count). The van der Waals surface area contributed by atoms with Gasteiger partial charge in [0, 0.05) is 17.3 Å². The first-order chi connectivity index (χ1) is 14.9. The molecule has 4 aromatic rings. The molecule has 1 amide bonds. The Labute approximate surface area is 176 Å². The van der Waals surface area contributed by atoms with E-state index < -0.39 is 21.7 Å². The Morgan fingerprint density at radius 1 is 1.03 bits per heavy atom. The van der Waals surface area contributed by atoms with Crippen molar-refractivity contribution in [2.24, 2.45) is 0 Å². The second-order valence-corrected chi connectivity index (χ2v) is 8.24. The normalized spacial score (nSPS) is 11.4. The average Bonchev–Trinajstić information content (AvgIpc) is 3.45. The number of hydrogen-bond acceptors (Lipinski definition) is 6. The molecule has 0 aliphatic rings. The smallest absolute Gasteiger partial charge is 0.294 e. The molecule has 10 heteroatoms. The Morgan fingerprint density at radius 2 is 1.87 bits per heavy atom. The summed E-state index contributed by atoms with van der Waals surface area (Å²) in [4.78, 5) is 12.4. The minimum absolute atomic E-state index is 0.00710. The lowest BCUT2D eigenvalue weighted by Gasteiger charge is -2.08. The first-order valence-electron chi connectivity index (χ1n) is 9.07. The number of carbonyl (C=O) groups excluding carboxylic acids is 1. The van der Waals surface area contributed by atoms with Gasteiger partial charge >= 0.3 is 0 Å². The number of halogens is 1. The average molecular weight is 441 g/mol. The van der Waals surface area contributed by atoms with Gasteiger partial charge in [0.1, 0.15) is 17.3 Å². The van der Waals surface area contributed by atoms with E-state index in [0.29, 0.717) is 17.0 Å². The minimum atomic E-state index is -3.83. The summed E-state index contributed by atoms with van der Waals surface area (Å²) in [6, 6.07) is 16.1. The van der Waals surface area contributed by atoms with Crippen LogP contribution in [0, 0.1) is 5.82 Å². The van der Waals surface area contributed by atoms with Crippen LogP contribution in [0.3, 0.4) is 0 Å². The van der Waals surface area contributed by atoms with Crippen molar-refractivity contribution in [1.82, 2.24) is 9.88 Å². The number of amides is 1. The van der Waals surface area contributed by atoms with Gasteiger partial charge in [-0.1, -0.05) is 23.4 Å². The molecule has 0 aliphatic heterocycles. The Balaban J connectivity index is 1.47. The number of benzene rings is 2. The van der Waals surface area contributed by atoms with Crippen LogP contribution >= 0.6 is 0 Å². The Kier molecular flexibility index (Phi) is 5.65. The van der Waals surface area contributed by atoms with Crippen molar-refractivity contribution in [3.63, 3.8) is 0 Å². The lowest BCUT2D eigenvalue weighted by molar-refractivity contribution is 0.0988. The first kappa shape index (κ1) is 20.5. The van der Waals surface area contributed by atoms with Gasteiger partial charge in [-0.3, -0.25) is 4.79 Å². The van der Waals surface area contributed by atoms with Crippen LogP contribution in [0.25, 0.3) is 11.3 Å². The lowest BCUT2D eigenvalue weighted by atomic mass is 10.1. The molecule has 2 aromatic heterocycles. The zero-order valence-electron chi connectivity index (χ0n) is 15.9. The zero-order valence-corrected chi connectivity index (χ0v) is 16.7. The molecule has 0 fully saturated rings. The SMILES string of the molecule is O=C(Nc1cccc(S(=O)(=O)NCc2ccco2)c1)c1cc(-c2cccc(F)c2)no1. The fourth-order valence-electron chi connectivity index (χ4n) is 2.76. The van der Waals surface area contributed by atoms with Gasteiger partial charge in [0.2, 0.25) is 15.8 Å². The van der Waals surface area contributed by atoms with Crippen molar-refractivity contribution >= 4 is 21.6 Å². The summed E-state index contributed by atoms with van der Waals surface area (Å²) in [5, 5.41) is 6.34. The molecule has 2 aromatic carbocycles. The van der Waals surface area contributed by atoms with Crippen molar-refractivity contribution in [3.8, 4) is 11.3 Å². The van der Waals surface area contributed by atoms with Crippen LogP contribution in [-0.4, -0.2) is 19.5 Å². The first-order valence-corrected chi connectivity index (χ1v) is 10.6. The molecular weight excluding hydrogens is 425 g/mol. The lowest BCUT2D eigenvalue weighted by Crippen LogP contribution is -2.23. The van der Waals surface area contributed by atoms with Crippen molar-refractivity contribution in [3.05, 3.63) is 90.3 Å². The topological polar surface area (TPSA) is 114 Å². The van der Waals surface area contributed by atoms with Crippen LogP contribution in [0.4, 0.5) is 10.1 Å². The van der Waals surface area contributed by atoms with Crippen LogP contribution in [0.5, 0.6) is 0 Å². The Hall–Kier alpha value is -3.76. The molecule has 158 valence electrons. The van der Waals surface area contributed by atoms with Crippen molar-refractivity contribution in [1.29, 1.82) is 0 Å². The number of sulfonamides is 1. The summed E-state index contributed by atoms with van der Waals surface area (Å²) in [6.07, 6.45) is 1.45. The van der Waals surface area contributed by atoms with E-state index in [9.17, 15) is 17.6 Å². The number of furan rings is 1. The quantitative estimate of drug-likeness (QED) is 0.451. The van der Waals surface area contributed by atoms with E-state index >= 15 is 0 Å². The van der Waals surface area contributed by atoms with Gasteiger partial charge in [0.05, 0.1) is 17.7 Å². The predicted molar refractivity (Wildman–Crippen MR) is 109 cm³/mol. The third kappa shape index (κ3) is 4.87. The molecule has 0 saturated heterocycles. The highest BCUT2D eigenvalue weighted by Gasteiger charge is 2.18. The number of carbonyl (C=O) groups is 1. The van der Waals surface area contributed by atoms with Gasteiger partial charge in [0.25, 0.3) is 5.91 Å². The van der Waals surface area contributed by atoms with Gasteiger partial charge < -0.3 is 14.3 Å². The molecule has 31 heavy (non-hydrogen) atoms. The fraction of sp³-hybridized carbons (Fsp3) is 0.0476. The number of aromatic nitrogens is 1. The van der Waals surface area contributed by atoms with Crippen LogP contribution in [0.15, 0.2) is 86.8 Å². The van der Waals surface area contributed by atoms with Crippen molar-refractivity contribution < 1.29 is 26.5 Å². The van der Waals surface area contributed by atoms with E-state index in [-0.39, 0.29) is 22.9 Å². The molecule has 2 heterocycles. The zero-order chi connectivity index (χ0) is 21.8. The molecule has 0 spiro atoms. The van der Waals surface area contributed by atoms with Crippen LogP contribution in [-0.2, 0) is 16.6 Å². The van der Waals surface area contributed by atoms with Gasteiger partial charge in [-0.15, -0.1) is 0 Å². The van der Waals surface area contributed by atoms with Crippen LogP contribution < -0.4 is 10.0 Å². The largest absolute Gasteiger partial charge is 0.468 e. The molecule has 0 radical (unpaired) electrons. The molecule has 8 nitrogen and oxygen atoms in total. The van der Waals surface area contributed by atoms with Crippen LogP contribution in [0.2, 0.25) is 0 Å². The fourth-order valence-corrected chi connectivity index (χ4v) is 3.80. The highest BCUT2D eigenvalue weighted by atomic mass is 32.2. The van der Waals surface area contributed by atoms with E-state index in [0.717, 1.165) is 0 Å². The predicted octanol–water partition coefficient (Wildman–Crippen LogP) is 3.80. The third-order valence-corrected chi connectivity index (χ3v) is 5.67. The maximum absolute atomic E-state index is 13.4. The molecule has 2 N–H and O–H groups in total. The van der Waals surface area contributed by atoms with Crippen molar-refractivity contribution in [2.45, 2.75) is 11.4 Å². The molecule has 0 aliphatic carbocycles. The van der Waals surface area contributed by atoms with E-state index in [2.05, 4.69) is 15.2 Å². The van der Waals surface area contributed by atoms with Gasteiger partial charge in [0.15, 0.2) is 0 Å². The monoisotopic (exact) mass is 441 g/mol. The number of rotatable bonds is 7. The molecule has 0 atom stereocenters. The summed E-state index contributed by atoms with van der Waals surface area (Å²) < 4.78 is 51.0. The molecule has 0 bridgehead atoms. The van der Waals surface area contributed by atoms with Gasteiger partial charge in [-0.2, -0.15) is 0 Å². The van der Waals surface area contributed by atoms with E-state index in [1.54, 1.807) is 18.2 Å². The van der Waals surface area contributed by atoms with Crippen LogP contribution in [0.1, 0.15) is 16.3 Å². The molecule has 0 unspecified atom stereocenters. The second-order valence-electron chi connectivity index (χ2n) is 6.47. The maximum atomic E-state index is 13.4. The highest BCUT2D eigenvalue weighted by molar-refractivity contribution is 7.89. The van der Waals surface area contributed by atoms with E-state index in [1.807, 2.05) is 0 Å². The highest BCUT2D eigenvalue weighted by Crippen LogP contribution is 2.21. The summed E-state index contributed by atoms with van der Waals surface area (Å²) in [6.45, 7) is -0.00710. The summed E-state index contributed by atoms with van der Waals surface area (Å²) in [5.41, 5.74) is 0.996. The summed E-state index contributed by atoms with van der Waals surface area (Å²) in [7, 11) is -3.83. The van der Waals surface area contributed by atoms with Crippen molar-refractivity contribution in [2.75, 3.05) is 5.32 Å². The number of hydrogen-bond donors (Lipinski definition) is 2. The van der Waals surface area contributed by atoms with Gasteiger partial charge in [-0.05, 0) is 42.5 Å². The number of nitrogens with zero attached hydrogens (tertiary/aromatic N) is 1. The summed E-state index contributed by atoms with van der Waals surface area (Å²) in [5.74, 6) is -0.714. The minimum Gasteiger partial charge on any atom is -0.468 e. The third-order valence-electron chi connectivity index (χ3n) is 4.27. The molecular formula is C21H16FN3O5S. The number of anilines is 1. The van der Waals surface area contributed by atoms with E-state index in [4.69, 9.17) is 8.94 Å². The Bertz CT molecular complexity index is 1320.